The number of hydrogen-bond acceptors (Lipinski definition) is 4. The van der Waals surface area contributed by atoms with Crippen LogP contribution in [0.4, 0.5) is 0 Å². The Morgan fingerprint density at radius 1 is 1.75 bits per heavy atom. The second-order valence-corrected chi connectivity index (χ2v) is 3.73. The van der Waals surface area contributed by atoms with E-state index in [-0.39, 0.29) is 0 Å². The lowest BCUT2D eigenvalue weighted by Gasteiger charge is -1.97. The first-order valence-corrected chi connectivity index (χ1v) is 4.87. The zero-order valence-corrected chi connectivity index (χ0v) is 7.67. The Morgan fingerprint density at radius 3 is 3.25 bits per heavy atom. The summed E-state index contributed by atoms with van der Waals surface area (Å²) in [5, 5.41) is 0.852. The minimum atomic E-state index is 0.444. The Kier molecular flexibility index (Phi) is 2.28. The Bertz CT molecular complexity index is 276. The summed E-state index contributed by atoms with van der Waals surface area (Å²) in [7, 11) is 0. The molecular formula is C8H10N2OS. The molecule has 4 heteroatoms. The summed E-state index contributed by atoms with van der Waals surface area (Å²) in [5.41, 5.74) is 1.02. The molecule has 64 valence electrons. The molecule has 0 spiro atoms. The highest BCUT2D eigenvalue weighted by atomic mass is 32.2. The molecule has 3 nitrogen and oxygen atoms in total. The summed E-state index contributed by atoms with van der Waals surface area (Å²) in [5.74, 6) is 0.976. The van der Waals surface area contributed by atoms with Crippen molar-refractivity contribution >= 4 is 11.8 Å². The highest BCUT2D eigenvalue weighted by molar-refractivity contribution is 7.99. The zero-order chi connectivity index (χ0) is 8.39. The van der Waals surface area contributed by atoms with E-state index in [0.717, 1.165) is 23.2 Å². The number of epoxide rings is 1. The molecule has 0 N–H and O–H groups in total. The van der Waals surface area contributed by atoms with E-state index >= 15 is 0 Å². The number of ether oxygens (including phenoxy) is 1. The number of rotatable bonds is 3. The third-order valence-corrected chi connectivity index (χ3v) is 2.57. The molecule has 0 amide bonds. The van der Waals surface area contributed by atoms with E-state index in [1.165, 1.54) is 0 Å². The van der Waals surface area contributed by atoms with Crippen molar-refractivity contribution in [2.45, 2.75) is 18.2 Å². The van der Waals surface area contributed by atoms with Gasteiger partial charge in [0.05, 0.1) is 12.7 Å². The quantitative estimate of drug-likeness (QED) is 0.401. The molecule has 0 saturated carbocycles. The van der Waals surface area contributed by atoms with Gasteiger partial charge in [0, 0.05) is 17.6 Å². The average Bonchev–Trinajstić information content (AvgIpc) is 2.84. The van der Waals surface area contributed by atoms with E-state index in [1.807, 2.05) is 13.0 Å². The normalized spacial score (nSPS) is 20.9. The maximum atomic E-state index is 5.08. The SMILES string of the molecule is Cc1ccnc(SCC2CO2)n1. The molecule has 0 bridgehead atoms. The standard InChI is InChI=1S/C8H10N2OS/c1-6-2-3-9-8(10-6)12-5-7-4-11-7/h2-3,7H,4-5H2,1H3. The first-order chi connectivity index (χ1) is 5.84. The first-order valence-electron chi connectivity index (χ1n) is 3.88. The maximum absolute atomic E-state index is 5.08. The van der Waals surface area contributed by atoms with Gasteiger partial charge < -0.3 is 4.74 Å². The van der Waals surface area contributed by atoms with Crippen LogP contribution in [0.3, 0.4) is 0 Å². The van der Waals surface area contributed by atoms with E-state index in [4.69, 9.17) is 4.74 Å². The van der Waals surface area contributed by atoms with Gasteiger partial charge in [0.15, 0.2) is 5.16 Å². The average molecular weight is 182 g/mol. The van der Waals surface area contributed by atoms with Crippen LogP contribution in [-0.2, 0) is 4.74 Å². The molecule has 1 aliphatic heterocycles. The lowest BCUT2D eigenvalue weighted by atomic mass is 10.5. The highest BCUT2D eigenvalue weighted by Crippen LogP contribution is 2.20. The van der Waals surface area contributed by atoms with Crippen LogP contribution < -0.4 is 0 Å². The molecule has 0 radical (unpaired) electrons. The zero-order valence-electron chi connectivity index (χ0n) is 6.86. The van der Waals surface area contributed by atoms with Gasteiger partial charge in [-0.3, -0.25) is 0 Å². The highest BCUT2D eigenvalue weighted by Gasteiger charge is 2.22. The van der Waals surface area contributed by atoms with Crippen LogP contribution in [0, 0.1) is 6.92 Å². The number of aryl methyl sites for hydroxylation is 1. The summed E-state index contributed by atoms with van der Waals surface area (Å²) in [6.07, 6.45) is 2.23. The number of hydrogen-bond donors (Lipinski definition) is 0. The van der Waals surface area contributed by atoms with Gasteiger partial charge in [-0.25, -0.2) is 9.97 Å². The minimum absolute atomic E-state index is 0.444. The molecule has 1 aromatic heterocycles. The van der Waals surface area contributed by atoms with Crippen molar-refractivity contribution in [2.75, 3.05) is 12.4 Å². The maximum Gasteiger partial charge on any atom is 0.187 e. The molecule has 0 aliphatic carbocycles. The third-order valence-electron chi connectivity index (χ3n) is 1.57. The summed E-state index contributed by atoms with van der Waals surface area (Å²) in [6.45, 7) is 2.87. The fourth-order valence-electron chi connectivity index (χ4n) is 0.827. The molecular weight excluding hydrogens is 172 g/mol. The van der Waals surface area contributed by atoms with E-state index in [9.17, 15) is 0 Å². The summed E-state index contributed by atoms with van der Waals surface area (Å²) >= 11 is 1.66. The summed E-state index contributed by atoms with van der Waals surface area (Å²) in [4.78, 5) is 8.40. The minimum Gasteiger partial charge on any atom is -0.372 e. The predicted octanol–water partition coefficient (Wildman–Crippen LogP) is 1.28. The van der Waals surface area contributed by atoms with Gasteiger partial charge in [0.25, 0.3) is 0 Å². The van der Waals surface area contributed by atoms with Gasteiger partial charge in [-0.1, -0.05) is 11.8 Å². The summed E-state index contributed by atoms with van der Waals surface area (Å²) < 4.78 is 5.08. The lowest BCUT2D eigenvalue weighted by Crippen LogP contribution is -1.93. The predicted molar refractivity (Wildman–Crippen MR) is 47.2 cm³/mol. The van der Waals surface area contributed by atoms with Crippen LogP contribution >= 0.6 is 11.8 Å². The molecule has 1 unspecified atom stereocenters. The van der Waals surface area contributed by atoms with Crippen molar-refractivity contribution < 1.29 is 4.74 Å². The van der Waals surface area contributed by atoms with Crippen molar-refractivity contribution in [2.24, 2.45) is 0 Å². The Labute approximate surface area is 75.6 Å². The van der Waals surface area contributed by atoms with Crippen molar-refractivity contribution in [1.82, 2.24) is 9.97 Å². The van der Waals surface area contributed by atoms with Crippen molar-refractivity contribution in [3.8, 4) is 0 Å². The van der Waals surface area contributed by atoms with E-state index in [2.05, 4.69) is 9.97 Å². The molecule has 1 aliphatic rings. The molecule has 2 rings (SSSR count). The second-order valence-electron chi connectivity index (χ2n) is 2.75. The lowest BCUT2D eigenvalue weighted by molar-refractivity contribution is 0.426. The topological polar surface area (TPSA) is 38.3 Å². The molecule has 1 saturated heterocycles. The number of nitrogens with zero attached hydrogens (tertiary/aromatic N) is 2. The van der Waals surface area contributed by atoms with Crippen molar-refractivity contribution in [3.63, 3.8) is 0 Å². The van der Waals surface area contributed by atoms with Crippen LogP contribution in [0.5, 0.6) is 0 Å². The van der Waals surface area contributed by atoms with Gasteiger partial charge >= 0.3 is 0 Å². The van der Waals surface area contributed by atoms with E-state index < -0.39 is 0 Å². The Hall–Kier alpha value is -0.610. The van der Waals surface area contributed by atoms with Crippen molar-refractivity contribution in [1.29, 1.82) is 0 Å². The molecule has 0 aromatic carbocycles. The van der Waals surface area contributed by atoms with Crippen LogP contribution in [0.1, 0.15) is 5.69 Å². The van der Waals surface area contributed by atoms with E-state index in [1.54, 1.807) is 18.0 Å². The molecule has 1 fully saturated rings. The Morgan fingerprint density at radius 2 is 2.58 bits per heavy atom. The van der Waals surface area contributed by atoms with Crippen LogP contribution in [0.15, 0.2) is 17.4 Å². The fourth-order valence-corrected chi connectivity index (χ4v) is 1.70. The van der Waals surface area contributed by atoms with E-state index in [0.29, 0.717) is 6.10 Å². The molecule has 12 heavy (non-hydrogen) atoms. The molecule has 2 heterocycles. The smallest absolute Gasteiger partial charge is 0.187 e. The fraction of sp³-hybridized carbons (Fsp3) is 0.500. The molecule has 1 aromatic rings. The molecule has 1 atom stereocenters. The summed E-state index contributed by atoms with van der Waals surface area (Å²) in [6, 6.07) is 1.90. The Balaban J connectivity index is 1.92. The van der Waals surface area contributed by atoms with Crippen LogP contribution in [-0.4, -0.2) is 28.4 Å². The van der Waals surface area contributed by atoms with Gasteiger partial charge in [0.2, 0.25) is 0 Å². The number of thioether (sulfide) groups is 1. The van der Waals surface area contributed by atoms with Gasteiger partial charge in [-0.05, 0) is 13.0 Å². The van der Waals surface area contributed by atoms with Crippen LogP contribution in [0.25, 0.3) is 0 Å². The first kappa shape index (κ1) is 8.01. The van der Waals surface area contributed by atoms with Gasteiger partial charge in [0.1, 0.15) is 0 Å². The second kappa shape index (κ2) is 3.41. The largest absolute Gasteiger partial charge is 0.372 e. The van der Waals surface area contributed by atoms with Gasteiger partial charge in [-0.15, -0.1) is 0 Å². The monoisotopic (exact) mass is 182 g/mol. The van der Waals surface area contributed by atoms with Crippen LogP contribution in [0.2, 0.25) is 0 Å². The van der Waals surface area contributed by atoms with Crippen molar-refractivity contribution in [3.05, 3.63) is 18.0 Å². The van der Waals surface area contributed by atoms with Gasteiger partial charge in [-0.2, -0.15) is 0 Å². The number of aromatic nitrogens is 2. The third kappa shape index (κ3) is 2.19.